The second-order valence-corrected chi connectivity index (χ2v) is 7.16. The van der Waals surface area contributed by atoms with E-state index in [9.17, 15) is 0 Å². The van der Waals surface area contributed by atoms with E-state index >= 15 is 0 Å². The third-order valence-electron chi connectivity index (χ3n) is 5.86. The smallest absolute Gasteiger partial charge is 0.0599 e. The van der Waals surface area contributed by atoms with Crippen molar-refractivity contribution in [2.24, 2.45) is 11.7 Å². The van der Waals surface area contributed by atoms with Gasteiger partial charge < -0.3 is 10.5 Å². The average Bonchev–Trinajstić information content (AvgIpc) is 2.72. The number of hydrogen-bond acceptors (Lipinski definition) is 3. The predicted molar refractivity (Wildman–Crippen MR) is 89.5 cm³/mol. The number of nitrogens with two attached hydrogens (primary N) is 1. The summed E-state index contributed by atoms with van der Waals surface area (Å²) in [7, 11) is 0. The molecule has 1 aliphatic heterocycles. The molecule has 1 saturated heterocycles. The van der Waals surface area contributed by atoms with E-state index in [-0.39, 0.29) is 0 Å². The van der Waals surface area contributed by atoms with Gasteiger partial charge in [-0.25, -0.2) is 0 Å². The summed E-state index contributed by atoms with van der Waals surface area (Å²) in [6, 6.07) is 0. The lowest BCUT2D eigenvalue weighted by Gasteiger charge is -2.46. The van der Waals surface area contributed by atoms with E-state index in [1.54, 1.807) is 0 Å². The molecule has 0 amide bonds. The maximum Gasteiger partial charge on any atom is 0.0599 e. The van der Waals surface area contributed by atoms with Gasteiger partial charge in [-0.05, 0) is 44.9 Å². The first kappa shape index (κ1) is 17.2. The summed E-state index contributed by atoms with van der Waals surface area (Å²) in [6.45, 7) is 8.48. The summed E-state index contributed by atoms with van der Waals surface area (Å²) in [5.41, 5.74) is 6.57. The van der Waals surface area contributed by atoms with Gasteiger partial charge in [0, 0.05) is 31.8 Å². The number of rotatable bonds is 6. The van der Waals surface area contributed by atoms with Crippen LogP contribution in [0.15, 0.2) is 0 Å². The third kappa shape index (κ3) is 4.43. The molecule has 2 fully saturated rings. The molecule has 1 saturated carbocycles. The molecule has 1 aliphatic carbocycles. The van der Waals surface area contributed by atoms with Crippen LogP contribution in [0.4, 0.5) is 0 Å². The van der Waals surface area contributed by atoms with Crippen LogP contribution in [0.3, 0.4) is 0 Å². The van der Waals surface area contributed by atoms with E-state index in [2.05, 4.69) is 18.7 Å². The Morgan fingerprint density at radius 1 is 1.10 bits per heavy atom. The van der Waals surface area contributed by atoms with E-state index in [1.807, 2.05) is 0 Å². The van der Waals surface area contributed by atoms with Gasteiger partial charge in [0.25, 0.3) is 0 Å². The number of piperidine rings is 1. The quantitative estimate of drug-likeness (QED) is 0.762. The Bertz CT molecular complexity index is 289. The third-order valence-corrected chi connectivity index (χ3v) is 5.86. The van der Waals surface area contributed by atoms with Crippen molar-refractivity contribution in [3.63, 3.8) is 0 Å². The van der Waals surface area contributed by atoms with Crippen molar-refractivity contribution in [3.05, 3.63) is 0 Å². The van der Waals surface area contributed by atoms with Gasteiger partial charge in [-0.3, -0.25) is 4.90 Å². The Morgan fingerprint density at radius 3 is 2.48 bits per heavy atom. The van der Waals surface area contributed by atoms with Crippen LogP contribution >= 0.6 is 0 Å². The number of ether oxygens (including phenoxy) is 1. The largest absolute Gasteiger partial charge is 0.378 e. The molecule has 0 bridgehead atoms. The normalized spacial score (nSPS) is 33.0. The Hall–Kier alpha value is -0.120. The molecule has 3 heteroatoms. The van der Waals surface area contributed by atoms with Crippen LogP contribution in [0, 0.1) is 5.92 Å². The molecule has 0 spiro atoms. The minimum Gasteiger partial charge on any atom is -0.378 e. The van der Waals surface area contributed by atoms with Gasteiger partial charge in [0.2, 0.25) is 0 Å². The summed E-state index contributed by atoms with van der Waals surface area (Å²) in [5.74, 6) is 0.949. The van der Waals surface area contributed by atoms with E-state index in [1.165, 1.54) is 70.9 Å². The zero-order chi connectivity index (χ0) is 15.1. The second-order valence-electron chi connectivity index (χ2n) is 7.16. The molecule has 0 radical (unpaired) electrons. The molecular weight excluding hydrogens is 260 g/mol. The minimum absolute atomic E-state index is 0.291. The van der Waals surface area contributed by atoms with Crippen molar-refractivity contribution >= 4 is 0 Å². The van der Waals surface area contributed by atoms with Crippen molar-refractivity contribution < 1.29 is 4.74 Å². The number of nitrogens with zero attached hydrogens (tertiary/aromatic N) is 1. The standard InChI is InChI=1S/C18H36N2O/c1-3-6-16-7-5-11-18(15-19,12-8-16)20-13-9-17(10-14-20)21-4-2/h16-17H,3-15,19H2,1-2H3. The van der Waals surface area contributed by atoms with Crippen LogP contribution in [0.25, 0.3) is 0 Å². The molecule has 1 heterocycles. The zero-order valence-corrected chi connectivity index (χ0v) is 14.3. The lowest BCUT2D eigenvalue weighted by molar-refractivity contribution is -0.0228. The van der Waals surface area contributed by atoms with Crippen molar-refractivity contribution in [3.8, 4) is 0 Å². The van der Waals surface area contributed by atoms with E-state index in [0.717, 1.165) is 19.1 Å². The van der Waals surface area contributed by atoms with E-state index in [4.69, 9.17) is 10.5 Å². The summed E-state index contributed by atoms with van der Waals surface area (Å²) >= 11 is 0. The Labute approximate surface area is 131 Å². The molecule has 21 heavy (non-hydrogen) atoms. The lowest BCUT2D eigenvalue weighted by Crippen LogP contribution is -2.56. The van der Waals surface area contributed by atoms with Crippen LogP contribution in [0.2, 0.25) is 0 Å². The van der Waals surface area contributed by atoms with Crippen molar-refractivity contribution in [1.82, 2.24) is 4.90 Å². The van der Waals surface area contributed by atoms with Crippen molar-refractivity contribution in [2.75, 3.05) is 26.2 Å². The topological polar surface area (TPSA) is 38.5 Å². The summed E-state index contributed by atoms with van der Waals surface area (Å²) in [6.07, 6.45) is 12.4. The maximum absolute atomic E-state index is 6.28. The molecule has 0 aromatic heterocycles. The SMILES string of the molecule is CCCC1CCCC(CN)(N2CCC(OCC)CC2)CC1. The minimum atomic E-state index is 0.291. The van der Waals surface area contributed by atoms with Gasteiger partial charge in [0.1, 0.15) is 0 Å². The van der Waals surface area contributed by atoms with E-state index in [0.29, 0.717) is 11.6 Å². The molecule has 3 nitrogen and oxygen atoms in total. The number of likely N-dealkylation sites (tertiary alicyclic amines) is 1. The average molecular weight is 296 g/mol. The highest BCUT2D eigenvalue weighted by atomic mass is 16.5. The summed E-state index contributed by atoms with van der Waals surface area (Å²) in [5, 5.41) is 0. The van der Waals surface area contributed by atoms with Crippen LogP contribution in [-0.2, 0) is 4.74 Å². The molecule has 2 unspecified atom stereocenters. The first-order valence-corrected chi connectivity index (χ1v) is 9.30. The Balaban J connectivity index is 1.92. The second kappa shape index (κ2) is 8.50. The fourth-order valence-electron chi connectivity index (χ4n) is 4.54. The molecule has 2 N–H and O–H groups in total. The highest BCUT2D eigenvalue weighted by Gasteiger charge is 2.38. The van der Waals surface area contributed by atoms with Gasteiger partial charge in [0.15, 0.2) is 0 Å². The van der Waals surface area contributed by atoms with Crippen LogP contribution in [0.5, 0.6) is 0 Å². The first-order chi connectivity index (χ1) is 10.2. The van der Waals surface area contributed by atoms with E-state index < -0.39 is 0 Å². The zero-order valence-electron chi connectivity index (χ0n) is 14.3. The molecular formula is C18H36N2O. The molecule has 2 atom stereocenters. The first-order valence-electron chi connectivity index (χ1n) is 9.30. The van der Waals surface area contributed by atoms with Crippen LogP contribution in [0.1, 0.15) is 71.6 Å². The molecule has 0 aromatic rings. The Morgan fingerprint density at radius 2 is 1.86 bits per heavy atom. The van der Waals surface area contributed by atoms with Gasteiger partial charge >= 0.3 is 0 Å². The van der Waals surface area contributed by atoms with Crippen LogP contribution < -0.4 is 5.73 Å². The number of hydrogen-bond donors (Lipinski definition) is 1. The highest BCUT2D eigenvalue weighted by Crippen LogP contribution is 2.37. The van der Waals surface area contributed by atoms with Gasteiger partial charge in [-0.2, -0.15) is 0 Å². The van der Waals surface area contributed by atoms with Crippen molar-refractivity contribution in [2.45, 2.75) is 83.3 Å². The monoisotopic (exact) mass is 296 g/mol. The Kier molecular flexibility index (Phi) is 6.97. The fraction of sp³-hybridized carbons (Fsp3) is 1.00. The maximum atomic E-state index is 6.28. The summed E-state index contributed by atoms with van der Waals surface area (Å²) in [4.78, 5) is 2.72. The van der Waals surface area contributed by atoms with Gasteiger partial charge in [0.05, 0.1) is 6.10 Å². The fourth-order valence-corrected chi connectivity index (χ4v) is 4.54. The van der Waals surface area contributed by atoms with Crippen LogP contribution in [-0.4, -0.2) is 42.8 Å². The molecule has 2 rings (SSSR count). The molecule has 124 valence electrons. The van der Waals surface area contributed by atoms with Gasteiger partial charge in [-0.1, -0.05) is 32.6 Å². The summed E-state index contributed by atoms with van der Waals surface area (Å²) < 4.78 is 5.80. The molecule has 2 aliphatic rings. The predicted octanol–water partition coefficient (Wildman–Crippen LogP) is 3.57. The van der Waals surface area contributed by atoms with Gasteiger partial charge in [-0.15, -0.1) is 0 Å². The lowest BCUT2D eigenvalue weighted by atomic mass is 9.85. The molecule has 0 aromatic carbocycles. The van der Waals surface area contributed by atoms with Crippen molar-refractivity contribution in [1.29, 1.82) is 0 Å². The highest BCUT2D eigenvalue weighted by molar-refractivity contribution is 4.96.